The van der Waals surface area contributed by atoms with Crippen LogP contribution in [0.25, 0.3) is 0 Å². The summed E-state index contributed by atoms with van der Waals surface area (Å²) < 4.78 is 5.14. The average molecular weight is 338 g/mol. The fourth-order valence-electron chi connectivity index (χ4n) is 2.40. The van der Waals surface area contributed by atoms with Crippen LogP contribution < -0.4 is 10.1 Å². The number of hydrogen-bond donors (Lipinski definition) is 1. The molecule has 1 heterocycles. The Hall–Kier alpha value is -2.66. The lowest BCUT2D eigenvalue weighted by atomic mass is 10.1. The number of nitrogens with zero attached hydrogens (tertiary/aromatic N) is 1. The molecule has 0 saturated heterocycles. The van der Waals surface area contributed by atoms with Crippen molar-refractivity contribution in [3.05, 3.63) is 76.3 Å². The van der Waals surface area contributed by atoms with E-state index in [1.54, 1.807) is 31.4 Å². The lowest BCUT2D eigenvalue weighted by molar-refractivity contribution is 0.102. The Morgan fingerprint density at radius 2 is 2.04 bits per heavy atom. The van der Waals surface area contributed by atoms with Crippen LogP contribution in [0.15, 0.2) is 54.7 Å². The summed E-state index contributed by atoms with van der Waals surface area (Å²) in [6, 6.07) is 15.4. The molecule has 3 rings (SSSR count). The minimum atomic E-state index is -0.189. The standard InChI is InChI=1S/C19H18N2O2S/c1-13-5-3-6-14(9-13)10-17-12-20-19(24-17)21-18(22)15-7-4-8-16(11-15)23-2/h3-9,11-12H,10H2,1-2H3,(H,20,21,22). The van der Waals surface area contributed by atoms with Crippen LogP contribution in [0.2, 0.25) is 0 Å². The van der Waals surface area contributed by atoms with E-state index in [1.807, 2.05) is 6.20 Å². The summed E-state index contributed by atoms with van der Waals surface area (Å²) in [5, 5.41) is 3.44. The first-order chi connectivity index (χ1) is 11.6. The van der Waals surface area contributed by atoms with Crippen LogP contribution in [0, 0.1) is 6.92 Å². The van der Waals surface area contributed by atoms with Gasteiger partial charge in [-0.2, -0.15) is 0 Å². The third-order valence-corrected chi connectivity index (χ3v) is 4.48. The van der Waals surface area contributed by atoms with Crippen molar-refractivity contribution in [3.63, 3.8) is 0 Å². The zero-order chi connectivity index (χ0) is 16.9. The van der Waals surface area contributed by atoms with Gasteiger partial charge in [0.15, 0.2) is 5.13 Å². The van der Waals surface area contributed by atoms with Gasteiger partial charge in [-0.05, 0) is 30.7 Å². The van der Waals surface area contributed by atoms with E-state index >= 15 is 0 Å². The maximum absolute atomic E-state index is 12.3. The van der Waals surface area contributed by atoms with Gasteiger partial charge < -0.3 is 4.74 Å². The molecule has 0 bridgehead atoms. The fourth-order valence-corrected chi connectivity index (χ4v) is 3.25. The lowest BCUT2D eigenvalue weighted by Crippen LogP contribution is -2.11. The van der Waals surface area contributed by atoms with Crippen LogP contribution in [-0.4, -0.2) is 18.0 Å². The number of amides is 1. The predicted octanol–water partition coefficient (Wildman–Crippen LogP) is 4.30. The molecule has 0 spiro atoms. The minimum Gasteiger partial charge on any atom is -0.497 e. The van der Waals surface area contributed by atoms with E-state index in [0.717, 1.165) is 11.3 Å². The molecule has 0 atom stereocenters. The molecular weight excluding hydrogens is 320 g/mol. The van der Waals surface area contributed by atoms with Crippen molar-refractivity contribution >= 4 is 22.4 Å². The predicted molar refractivity (Wildman–Crippen MR) is 97.0 cm³/mol. The number of methoxy groups -OCH3 is 1. The van der Waals surface area contributed by atoms with Crippen molar-refractivity contribution in [1.29, 1.82) is 0 Å². The Bertz CT molecular complexity index is 858. The first-order valence-corrected chi connectivity index (χ1v) is 8.41. The van der Waals surface area contributed by atoms with Gasteiger partial charge in [-0.3, -0.25) is 10.1 Å². The summed E-state index contributed by atoms with van der Waals surface area (Å²) in [6.45, 7) is 2.08. The molecule has 3 aromatic rings. The SMILES string of the molecule is COc1cccc(C(=O)Nc2ncc(Cc3cccc(C)c3)s2)c1. The first kappa shape index (κ1) is 16.2. The summed E-state index contributed by atoms with van der Waals surface area (Å²) in [6.07, 6.45) is 2.63. The summed E-state index contributed by atoms with van der Waals surface area (Å²) in [5.74, 6) is 0.465. The van der Waals surface area contributed by atoms with Crippen molar-refractivity contribution < 1.29 is 9.53 Å². The van der Waals surface area contributed by atoms with Gasteiger partial charge in [-0.25, -0.2) is 4.98 Å². The van der Waals surface area contributed by atoms with Gasteiger partial charge in [0, 0.05) is 23.1 Å². The molecule has 122 valence electrons. The molecule has 2 aromatic carbocycles. The van der Waals surface area contributed by atoms with Gasteiger partial charge in [-0.15, -0.1) is 11.3 Å². The monoisotopic (exact) mass is 338 g/mol. The smallest absolute Gasteiger partial charge is 0.257 e. The van der Waals surface area contributed by atoms with Crippen LogP contribution in [0.3, 0.4) is 0 Å². The van der Waals surface area contributed by atoms with Crippen molar-refractivity contribution in [1.82, 2.24) is 4.98 Å². The minimum absolute atomic E-state index is 0.189. The van der Waals surface area contributed by atoms with E-state index in [9.17, 15) is 4.79 Å². The third-order valence-electron chi connectivity index (χ3n) is 3.57. The highest BCUT2D eigenvalue weighted by molar-refractivity contribution is 7.15. The summed E-state index contributed by atoms with van der Waals surface area (Å²) >= 11 is 1.49. The molecule has 0 radical (unpaired) electrons. The van der Waals surface area contributed by atoms with E-state index < -0.39 is 0 Å². The van der Waals surface area contributed by atoms with Crippen LogP contribution in [-0.2, 0) is 6.42 Å². The Morgan fingerprint density at radius 3 is 2.83 bits per heavy atom. The van der Waals surface area contributed by atoms with Gasteiger partial charge in [0.2, 0.25) is 0 Å². The Labute approximate surface area is 145 Å². The molecule has 0 aliphatic heterocycles. The highest BCUT2D eigenvalue weighted by atomic mass is 32.1. The molecule has 1 N–H and O–H groups in total. The second kappa shape index (κ2) is 7.27. The number of anilines is 1. The van der Waals surface area contributed by atoms with Crippen LogP contribution in [0.1, 0.15) is 26.4 Å². The summed E-state index contributed by atoms with van der Waals surface area (Å²) in [7, 11) is 1.58. The van der Waals surface area contributed by atoms with Gasteiger partial charge in [0.1, 0.15) is 5.75 Å². The third kappa shape index (κ3) is 4.00. The summed E-state index contributed by atoms with van der Waals surface area (Å²) in [5.41, 5.74) is 3.03. The zero-order valence-electron chi connectivity index (χ0n) is 13.6. The van der Waals surface area contributed by atoms with E-state index in [2.05, 4.69) is 41.5 Å². The Kier molecular flexibility index (Phi) is 4.91. The number of aromatic nitrogens is 1. The molecule has 0 aliphatic rings. The quantitative estimate of drug-likeness (QED) is 0.754. The van der Waals surface area contributed by atoms with E-state index in [-0.39, 0.29) is 5.91 Å². The molecule has 0 unspecified atom stereocenters. The molecule has 1 aromatic heterocycles. The number of carbonyl (C=O) groups is 1. The molecule has 4 nitrogen and oxygen atoms in total. The normalized spacial score (nSPS) is 10.4. The van der Waals surface area contributed by atoms with Gasteiger partial charge in [0.25, 0.3) is 5.91 Å². The van der Waals surface area contributed by atoms with Crippen molar-refractivity contribution in [3.8, 4) is 5.75 Å². The molecule has 0 fully saturated rings. The number of carbonyl (C=O) groups excluding carboxylic acids is 1. The van der Waals surface area contributed by atoms with E-state index in [1.165, 1.54) is 22.5 Å². The highest BCUT2D eigenvalue weighted by Gasteiger charge is 2.10. The highest BCUT2D eigenvalue weighted by Crippen LogP contribution is 2.22. The first-order valence-electron chi connectivity index (χ1n) is 7.60. The topological polar surface area (TPSA) is 51.2 Å². The number of benzene rings is 2. The molecular formula is C19H18N2O2S. The van der Waals surface area contributed by atoms with Crippen LogP contribution in [0.4, 0.5) is 5.13 Å². The zero-order valence-corrected chi connectivity index (χ0v) is 14.4. The van der Waals surface area contributed by atoms with E-state index in [0.29, 0.717) is 16.4 Å². The maximum atomic E-state index is 12.3. The number of aryl methyl sites for hydroxylation is 1. The Balaban J connectivity index is 1.68. The van der Waals surface area contributed by atoms with Gasteiger partial charge >= 0.3 is 0 Å². The van der Waals surface area contributed by atoms with Crippen molar-refractivity contribution in [2.24, 2.45) is 0 Å². The second-order valence-corrected chi connectivity index (χ2v) is 6.60. The number of rotatable bonds is 5. The number of thiazole rings is 1. The van der Waals surface area contributed by atoms with Crippen molar-refractivity contribution in [2.75, 3.05) is 12.4 Å². The number of hydrogen-bond acceptors (Lipinski definition) is 4. The number of ether oxygens (including phenoxy) is 1. The van der Waals surface area contributed by atoms with Crippen LogP contribution in [0.5, 0.6) is 5.75 Å². The molecule has 1 amide bonds. The molecule has 5 heteroatoms. The maximum Gasteiger partial charge on any atom is 0.257 e. The van der Waals surface area contributed by atoms with Gasteiger partial charge in [0.05, 0.1) is 7.11 Å². The van der Waals surface area contributed by atoms with E-state index in [4.69, 9.17) is 4.74 Å². The lowest BCUT2D eigenvalue weighted by Gasteiger charge is -2.04. The summed E-state index contributed by atoms with van der Waals surface area (Å²) in [4.78, 5) is 17.7. The van der Waals surface area contributed by atoms with Gasteiger partial charge in [-0.1, -0.05) is 35.9 Å². The van der Waals surface area contributed by atoms with Crippen LogP contribution >= 0.6 is 11.3 Å². The molecule has 24 heavy (non-hydrogen) atoms. The molecule has 0 aliphatic carbocycles. The fraction of sp³-hybridized carbons (Fsp3) is 0.158. The average Bonchev–Trinajstić information content (AvgIpc) is 3.01. The second-order valence-electron chi connectivity index (χ2n) is 5.48. The van der Waals surface area contributed by atoms with Crippen molar-refractivity contribution in [2.45, 2.75) is 13.3 Å². The number of nitrogens with one attached hydrogen (secondary N) is 1. The molecule has 0 saturated carbocycles. The Morgan fingerprint density at radius 1 is 1.21 bits per heavy atom. The largest absolute Gasteiger partial charge is 0.497 e.